The second-order valence-corrected chi connectivity index (χ2v) is 7.19. The zero-order chi connectivity index (χ0) is 17.4. The van der Waals surface area contributed by atoms with Gasteiger partial charge in [-0.2, -0.15) is 0 Å². The first kappa shape index (κ1) is 18.3. The fourth-order valence-electron chi connectivity index (χ4n) is 3.32. The molecule has 2 unspecified atom stereocenters. The van der Waals surface area contributed by atoms with Gasteiger partial charge in [-0.25, -0.2) is 0 Å². The molecule has 0 bridgehead atoms. The molecule has 2 aliphatic heterocycles. The summed E-state index contributed by atoms with van der Waals surface area (Å²) in [6, 6.07) is 3.91. The van der Waals surface area contributed by atoms with Crippen LogP contribution >= 0.6 is 0 Å². The van der Waals surface area contributed by atoms with Gasteiger partial charge in [-0.1, -0.05) is 0 Å². The van der Waals surface area contributed by atoms with Gasteiger partial charge in [0, 0.05) is 32.7 Å². The molecule has 6 nitrogen and oxygen atoms in total. The van der Waals surface area contributed by atoms with Gasteiger partial charge < -0.3 is 24.5 Å². The van der Waals surface area contributed by atoms with Gasteiger partial charge >= 0.3 is 0 Å². The third-order valence-corrected chi connectivity index (χ3v) is 4.89. The van der Waals surface area contributed by atoms with E-state index in [1.54, 1.807) is 6.26 Å². The number of nitrogens with zero attached hydrogens (tertiary/aromatic N) is 1. The van der Waals surface area contributed by atoms with Crippen LogP contribution in [0, 0.1) is 0 Å². The minimum absolute atomic E-state index is 0.128. The van der Waals surface area contributed by atoms with Gasteiger partial charge in [-0.05, 0) is 51.2 Å². The summed E-state index contributed by atoms with van der Waals surface area (Å²) in [6.45, 7) is 6.11. The van der Waals surface area contributed by atoms with Crippen LogP contribution in [-0.2, 0) is 15.9 Å². The maximum absolute atomic E-state index is 5.85. The lowest BCUT2D eigenvalue weighted by atomic mass is 10.0. The van der Waals surface area contributed by atoms with Crippen molar-refractivity contribution >= 4 is 5.96 Å². The topological polar surface area (TPSA) is 68.0 Å². The molecule has 2 fully saturated rings. The highest BCUT2D eigenvalue weighted by Crippen LogP contribution is 2.25. The van der Waals surface area contributed by atoms with Crippen molar-refractivity contribution in [3.05, 3.63) is 24.2 Å². The Kier molecular flexibility index (Phi) is 6.76. The highest BCUT2D eigenvalue weighted by Gasteiger charge is 2.29. The molecule has 0 aromatic carbocycles. The molecule has 2 aliphatic rings. The molecule has 140 valence electrons. The summed E-state index contributed by atoms with van der Waals surface area (Å²) in [5, 5.41) is 6.85. The molecule has 2 saturated heterocycles. The Bertz CT molecular complexity index is 518. The van der Waals surface area contributed by atoms with Crippen LogP contribution in [-0.4, -0.2) is 50.5 Å². The SMILES string of the molecule is CC1(CN=C(NCCc2ccco2)NCC2CCCCO2)CCCO1. The normalized spacial score (nSPS) is 27.4. The van der Waals surface area contributed by atoms with Crippen LogP contribution in [0.1, 0.15) is 44.8 Å². The Balaban J connectivity index is 1.50. The van der Waals surface area contributed by atoms with E-state index in [0.717, 1.165) is 63.7 Å². The summed E-state index contributed by atoms with van der Waals surface area (Å²) in [5.41, 5.74) is -0.128. The Hall–Kier alpha value is -1.53. The zero-order valence-corrected chi connectivity index (χ0v) is 15.3. The van der Waals surface area contributed by atoms with E-state index >= 15 is 0 Å². The molecular weight excluding hydrogens is 318 g/mol. The fraction of sp³-hybridized carbons (Fsp3) is 0.737. The van der Waals surface area contributed by atoms with E-state index in [2.05, 4.69) is 17.6 Å². The minimum Gasteiger partial charge on any atom is -0.469 e. The molecule has 0 spiro atoms. The maximum Gasteiger partial charge on any atom is 0.191 e. The number of ether oxygens (including phenoxy) is 2. The van der Waals surface area contributed by atoms with Crippen molar-refractivity contribution in [3.63, 3.8) is 0 Å². The van der Waals surface area contributed by atoms with Crippen molar-refractivity contribution in [2.45, 2.75) is 57.2 Å². The smallest absolute Gasteiger partial charge is 0.191 e. The predicted molar refractivity (Wildman–Crippen MR) is 97.9 cm³/mol. The summed E-state index contributed by atoms with van der Waals surface area (Å²) >= 11 is 0. The van der Waals surface area contributed by atoms with Crippen LogP contribution < -0.4 is 10.6 Å². The molecule has 3 rings (SSSR count). The van der Waals surface area contributed by atoms with Crippen LogP contribution in [0.2, 0.25) is 0 Å². The van der Waals surface area contributed by atoms with Crippen LogP contribution in [0.4, 0.5) is 0 Å². The van der Waals surface area contributed by atoms with Crippen molar-refractivity contribution in [1.29, 1.82) is 0 Å². The van der Waals surface area contributed by atoms with Crippen LogP contribution in [0.3, 0.4) is 0 Å². The van der Waals surface area contributed by atoms with Gasteiger partial charge in [0.15, 0.2) is 5.96 Å². The van der Waals surface area contributed by atoms with Crippen molar-refractivity contribution in [1.82, 2.24) is 10.6 Å². The molecular formula is C19H31N3O3. The number of hydrogen-bond acceptors (Lipinski definition) is 4. The lowest BCUT2D eigenvalue weighted by Crippen LogP contribution is -2.44. The summed E-state index contributed by atoms with van der Waals surface area (Å²) in [6.07, 6.45) is 8.56. The van der Waals surface area contributed by atoms with Crippen LogP contribution in [0.25, 0.3) is 0 Å². The molecule has 0 aliphatic carbocycles. The van der Waals surface area contributed by atoms with Gasteiger partial charge in [0.05, 0.1) is 24.5 Å². The first-order chi connectivity index (χ1) is 12.2. The molecule has 6 heteroatoms. The molecule has 1 aromatic heterocycles. The van der Waals surface area contributed by atoms with Gasteiger partial charge in [0.2, 0.25) is 0 Å². The van der Waals surface area contributed by atoms with Crippen molar-refractivity contribution in [2.75, 3.05) is 32.8 Å². The minimum atomic E-state index is -0.128. The van der Waals surface area contributed by atoms with Gasteiger partial charge in [0.25, 0.3) is 0 Å². The number of nitrogens with one attached hydrogen (secondary N) is 2. The first-order valence-electron chi connectivity index (χ1n) is 9.54. The van der Waals surface area contributed by atoms with E-state index in [0.29, 0.717) is 6.54 Å². The Morgan fingerprint density at radius 2 is 2.24 bits per heavy atom. The number of aliphatic imine (C=N–C) groups is 1. The standard InChI is InChI=1S/C19H31N3O3/c1-19(9-5-13-25-19)15-22-18(20-10-8-16-7-4-12-23-16)21-14-17-6-2-3-11-24-17/h4,7,12,17H,2-3,5-6,8-11,13-15H2,1H3,(H2,20,21,22). The van der Waals surface area contributed by atoms with E-state index in [4.69, 9.17) is 18.9 Å². The average Bonchev–Trinajstić information content (AvgIpc) is 3.30. The molecule has 0 amide bonds. The first-order valence-corrected chi connectivity index (χ1v) is 9.54. The molecule has 1 aromatic rings. The maximum atomic E-state index is 5.85. The average molecular weight is 349 g/mol. The van der Waals surface area contributed by atoms with Crippen LogP contribution in [0.15, 0.2) is 27.8 Å². The lowest BCUT2D eigenvalue weighted by molar-refractivity contribution is 0.0192. The molecule has 2 atom stereocenters. The molecule has 25 heavy (non-hydrogen) atoms. The predicted octanol–water partition coefficient (Wildman–Crippen LogP) is 2.50. The van der Waals surface area contributed by atoms with E-state index in [9.17, 15) is 0 Å². The van der Waals surface area contributed by atoms with Crippen LogP contribution in [0.5, 0.6) is 0 Å². The Labute approximate surface area is 150 Å². The molecule has 0 saturated carbocycles. The zero-order valence-electron chi connectivity index (χ0n) is 15.3. The van der Waals surface area contributed by atoms with Gasteiger partial charge in [0.1, 0.15) is 5.76 Å². The van der Waals surface area contributed by atoms with Gasteiger partial charge in [-0.15, -0.1) is 0 Å². The third-order valence-electron chi connectivity index (χ3n) is 4.89. The van der Waals surface area contributed by atoms with E-state index in [-0.39, 0.29) is 11.7 Å². The molecule has 2 N–H and O–H groups in total. The number of guanidine groups is 1. The summed E-state index contributed by atoms with van der Waals surface area (Å²) in [7, 11) is 0. The second kappa shape index (κ2) is 9.25. The lowest BCUT2D eigenvalue weighted by Gasteiger charge is -2.25. The van der Waals surface area contributed by atoms with E-state index < -0.39 is 0 Å². The van der Waals surface area contributed by atoms with E-state index in [1.807, 2.05) is 12.1 Å². The fourth-order valence-corrected chi connectivity index (χ4v) is 3.32. The molecule has 0 radical (unpaired) electrons. The van der Waals surface area contributed by atoms with Gasteiger partial charge in [-0.3, -0.25) is 4.99 Å². The van der Waals surface area contributed by atoms with Crippen molar-refractivity contribution < 1.29 is 13.9 Å². The Morgan fingerprint density at radius 3 is 2.96 bits per heavy atom. The second-order valence-electron chi connectivity index (χ2n) is 7.19. The third kappa shape index (κ3) is 6.04. The Morgan fingerprint density at radius 1 is 1.28 bits per heavy atom. The quantitative estimate of drug-likeness (QED) is 0.585. The van der Waals surface area contributed by atoms with Crippen molar-refractivity contribution in [2.24, 2.45) is 4.99 Å². The number of furan rings is 1. The monoisotopic (exact) mass is 349 g/mol. The summed E-state index contributed by atoms with van der Waals surface area (Å²) in [4.78, 5) is 4.76. The highest BCUT2D eigenvalue weighted by molar-refractivity contribution is 5.79. The summed E-state index contributed by atoms with van der Waals surface area (Å²) in [5.74, 6) is 1.81. The van der Waals surface area contributed by atoms with Crippen molar-refractivity contribution in [3.8, 4) is 0 Å². The van der Waals surface area contributed by atoms with E-state index in [1.165, 1.54) is 12.8 Å². The number of rotatable bonds is 7. The highest BCUT2D eigenvalue weighted by atomic mass is 16.5. The molecule has 3 heterocycles. The summed E-state index contributed by atoms with van der Waals surface area (Å²) < 4.78 is 17.0. The number of hydrogen-bond donors (Lipinski definition) is 2. The largest absolute Gasteiger partial charge is 0.469 e.